The Bertz CT molecular complexity index is 1150. The van der Waals surface area contributed by atoms with Crippen LogP contribution in [-0.4, -0.2) is 67.4 Å². The largest absolute Gasteiger partial charge is 0.488 e. The molecule has 0 unspecified atom stereocenters. The molecule has 1 aliphatic rings. The number of aromatic nitrogens is 4. The molecule has 3 aromatic rings. The number of aliphatic hydroxyl groups is 1. The first-order chi connectivity index (χ1) is 16.4. The van der Waals surface area contributed by atoms with E-state index in [2.05, 4.69) is 20.4 Å². The second-order valence-electron chi connectivity index (χ2n) is 7.84. The lowest BCUT2D eigenvalue weighted by atomic mass is 10.1. The third-order valence-electron chi connectivity index (χ3n) is 5.27. The van der Waals surface area contributed by atoms with E-state index in [0.29, 0.717) is 18.0 Å². The van der Waals surface area contributed by atoms with Gasteiger partial charge in [0.15, 0.2) is 5.82 Å². The number of likely N-dealkylation sites (tertiary alicyclic amines) is 1. The highest BCUT2D eigenvalue weighted by Crippen LogP contribution is 2.28. The number of rotatable bonds is 9. The predicted molar refractivity (Wildman–Crippen MR) is 122 cm³/mol. The first kappa shape index (κ1) is 23.2. The van der Waals surface area contributed by atoms with Gasteiger partial charge in [-0.1, -0.05) is 6.92 Å². The van der Waals surface area contributed by atoms with Gasteiger partial charge in [-0.3, -0.25) is 14.3 Å². The minimum Gasteiger partial charge on any atom is -0.488 e. The summed E-state index contributed by atoms with van der Waals surface area (Å²) in [7, 11) is 1.75. The number of nitrogens with zero attached hydrogens (tertiary/aromatic N) is 5. The zero-order valence-corrected chi connectivity index (χ0v) is 19.0. The Morgan fingerprint density at radius 2 is 1.97 bits per heavy atom. The number of anilines is 1. The van der Waals surface area contributed by atoms with E-state index in [1.54, 1.807) is 41.0 Å². The van der Waals surface area contributed by atoms with Gasteiger partial charge in [0.05, 0.1) is 19.0 Å². The van der Waals surface area contributed by atoms with Crippen LogP contribution >= 0.6 is 0 Å². The molecular weight excluding hydrogens is 440 g/mol. The van der Waals surface area contributed by atoms with Crippen LogP contribution in [0.5, 0.6) is 17.4 Å². The maximum atomic E-state index is 12.8. The average Bonchev–Trinajstić information content (AvgIpc) is 3.21. The van der Waals surface area contributed by atoms with E-state index in [9.17, 15) is 14.7 Å². The minimum absolute atomic E-state index is 0.155. The van der Waals surface area contributed by atoms with Gasteiger partial charge in [0.2, 0.25) is 5.88 Å². The molecule has 3 heterocycles. The molecule has 1 saturated heterocycles. The molecular formula is C23H26N6O5. The lowest BCUT2D eigenvalue weighted by Gasteiger charge is -2.30. The zero-order chi connectivity index (χ0) is 24.1. The van der Waals surface area contributed by atoms with Crippen LogP contribution in [-0.2, 0) is 7.05 Å². The second-order valence-corrected chi connectivity index (χ2v) is 7.84. The first-order valence-electron chi connectivity index (χ1n) is 11.0. The van der Waals surface area contributed by atoms with Crippen LogP contribution in [0.4, 0.5) is 5.82 Å². The number of hydrogen-bond donors (Lipinski definition) is 2. The molecule has 0 bridgehead atoms. The molecule has 2 N–H and O–H groups in total. The number of ether oxygens (including phenoxy) is 2. The van der Waals surface area contributed by atoms with Gasteiger partial charge >= 0.3 is 0 Å². The van der Waals surface area contributed by atoms with Crippen LogP contribution in [0.2, 0.25) is 0 Å². The molecule has 11 heteroatoms. The van der Waals surface area contributed by atoms with Gasteiger partial charge in [-0.15, -0.1) is 0 Å². The molecule has 34 heavy (non-hydrogen) atoms. The monoisotopic (exact) mass is 466 g/mol. The summed E-state index contributed by atoms with van der Waals surface area (Å²) >= 11 is 0. The number of carbonyl (C=O) groups is 2. The van der Waals surface area contributed by atoms with Crippen molar-refractivity contribution < 1.29 is 24.2 Å². The normalized spacial score (nSPS) is 13.7. The van der Waals surface area contributed by atoms with Gasteiger partial charge in [-0.05, 0) is 25.0 Å². The fourth-order valence-corrected chi connectivity index (χ4v) is 3.22. The van der Waals surface area contributed by atoms with Crippen LogP contribution in [0, 0.1) is 0 Å². The highest BCUT2D eigenvalue weighted by Gasteiger charge is 2.23. The quantitative estimate of drug-likeness (QED) is 0.491. The van der Waals surface area contributed by atoms with Crippen molar-refractivity contribution in [1.82, 2.24) is 24.6 Å². The van der Waals surface area contributed by atoms with Crippen molar-refractivity contribution in [2.45, 2.75) is 25.9 Å². The topological polar surface area (TPSA) is 132 Å². The standard InChI is InChI=1S/C23H26N6O5/c1-3-16(14-30)33-17-9-15(22(31)26-20-5-8-28(2)27-20)10-18(11-17)34-21-13-24-19(12-25-21)23(32)29-6-4-7-29/h5,8-13,16,30H,3-4,6-7,14H2,1-2H3,(H,26,27,31)/t16-/m0/s1. The third kappa shape index (κ3) is 5.49. The van der Waals surface area contributed by atoms with Gasteiger partial charge in [-0.25, -0.2) is 9.97 Å². The molecule has 4 rings (SSSR count). The van der Waals surface area contributed by atoms with Gasteiger partial charge < -0.3 is 24.8 Å². The molecule has 1 fully saturated rings. The summed E-state index contributed by atoms with van der Waals surface area (Å²) in [5.41, 5.74) is 0.511. The molecule has 1 aliphatic heterocycles. The van der Waals surface area contributed by atoms with E-state index in [0.717, 1.165) is 19.5 Å². The van der Waals surface area contributed by atoms with E-state index in [4.69, 9.17) is 9.47 Å². The van der Waals surface area contributed by atoms with E-state index >= 15 is 0 Å². The molecule has 0 radical (unpaired) electrons. The molecule has 1 aromatic carbocycles. The number of carbonyl (C=O) groups excluding carboxylic acids is 2. The Labute approximate surface area is 196 Å². The third-order valence-corrected chi connectivity index (χ3v) is 5.27. The van der Waals surface area contributed by atoms with Crippen molar-refractivity contribution in [1.29, 1.82) is 0 Å². The molecule has 2 amide bonds. The summed E-state index contributed by atoms with van der Waals surface area (Å²) in [6.07, 6.45) is 5.57. The fourth-order valence-electron chi connectivity index (χ4n) is 3.22. The average molecular weight is 466 g/mol. The summed E-state index contributed by atoms with van der Waals surface area (Å²) in [5.74, 6) is 0.616. The van der Waals surface area contributed by atoms with Gasteiger partial charge in [0, 0.05) is 44.0 Å². The van der Waals surface area contributed by atoms with E-state index in [1.165, 1.54) is 18.5 Å². The molecule has 2 aromatic heterocycles. The van der Waals surface area contributed by atoms with Crippen LogP contribution < -0.4 is 14.8 Å². The van der Waals surface area contributed by atoms with Gasteiger partial charge in [0.25, 0.3) is 11.8 Å². The maximum absolute atomic E-state index is 12.8. The lowest BCUT2D eigenvalue weighted by Crippen LogP contribution is -2.42. The van der Waals surface area contributed by atoms with E-state index in [-0.39, 0.29) is 35.4 Å². The summed E-state index contributed by atoms with van der Waals surface area (Å²) in [6.45, 7) is 3.16. The smallest absolute Gasteiger partial charge is 0.274 e. The Morgan fingerprint density at radius 3 is 2.56 bits per heavy atom. The van der Waals surface area contributed by atoms with Crippen LogP contribution in [0.15, 0.2) is 42.9 Å². The van der Waals surface area contributed by atoms with Crippen LogP contribution in [0.3, 0.4) is 0 Å². The first-order valence-corrected chi connectivity index (χ1v) is 11.0. The summed E-state index contributed by atoms with van der Waals surface area (Å²) in [6, 6.07) is 6.36. The highest BCUT2D eigenvalue weighted by atomic mass is 16.5. The minimum atomic E-state index is -0.437. The molecule has 0 saturated carbocycles. The SMILES string of the molecule is CC[C@@H](CO)Oc1cc(Oc2cnc(C(=O)N3CCC3)cn2)cc(C(=O)Nc2ccn(C)n2)c1. The molecule has 178 valence electrons. The number of aryl methyl sites for hydroxylation is 1. The number of nitrogens with one attached hydrogen (secondary N) is 1. The van der Waals surface area contributed by atoms with Crippen LogP contribution in [0.25, 0.3) is 0 Å². The van der Waals surface area contributed by atoms with E-state index in [1.807, 2.05) is 6.92 Å². The Morgan fingerprint density at radius 1 is 1.18 bits per heavy atom. The van der Waals surface area contributed by atoms with Gasteiger partial charge in [-0.2, -0.15) is 5.10 Å². The Balaban J connectivity index is 1.55. The fraction of sp³-hybridized carbons (Fsp3) is 0.348. The predicted octanol–water partition coefficient (Wildman–Crippen LogP) is 2.25. The van der Waals surface area contributed by atoms with Crippen molar-refractivity contribution in [3.05, 3.63) is 54.1 Å². The lowest BCUT2D eigenvalue weighted by molar-refractivity contribution is 0.0645. The molecule has 11 nitrogen and oxygen atoms in total. The van der Waals surface area contributed by atoms with Crippen molar-refractivity contribution in [2.75, 3.05) is 25.0 Å². The molecule has 0 aliphatic carbocycles. The highest BCUT2D eigenvalue weighted by molar-refractivity contribution is 6.04. The molecule has 1 atom stereocenters. The number of benzene rings is 1. The van der Waals surface area contributed by atoms with Crippen molar-refractivity contribution in [3.8, 4) is 17.4 Å². The number of aliphatic hydroxyl groups excluding tert-OH is 1. The Kier molecular flexibility index (Phi) is 7.02. The summed E-state index contributed by atoms with van der Waals surface area (Å²) in [4.78, 5) is 35.1. The van der Waals surface area contributed by atoms with Gasteiger partial charge in [0.1, 0.15) is 23.3 Å². The van der Waals surface area contributed by atoms with Crippen molar-refractivity contribution in [2.24, 2.45) is 7.05 Å². The van der Waals surface area contributed by atoms with Crippen molar-refractivity contribution in [3.63, 3.8) is 0 Å². The summed E-state index contributed by atoms with van der Waals surface area (Å²) in [5, 5.41) is 16.4. The molecule has 0 spiro atoms. The summed E-state index contributed by atoms with van der Waals surface area (Å²) < 4.78 is 13.2. The number of amides is 2. The van der Waals surface area contributed by atoms with Crippen molar-refractivity contribution >= 4 is 17.6 Å². The maximum Gasteiger partial charge on any atom is 0.274 e. The number of hydrogen-bond acceptors (Lipinski definition) is 8. The zero-order valence-electron chi connectivity index (χ0n) is 19.0. The van der Waals surface area contributed by atoms with E-state index < -0.39 is 12.0 Å². The Hall–Kier alpha value is -3.99. The second kappa shape index (κ2) is 10.3. The van der Waals surface area contributed by atoms with Crippen LogP contribution in [0.1, 0.15) is 40.6 Å².